The third-order valence-electron chi connectivity index (χ3n) is 3.80. The first-order chi connectivity index (χ1) is 10.3. The molecule has 0 fully saturated rings. The Morgan fingerprint density at radius 2 is 1.71 bits per heavy atom. The Labute approximate surface area is 127 Å². The number of hydrogen-bond acceptors (Lipinski definition) is 3. The molecular weight excluding hydrogens is 290 g/mol. The summed E-state index contributed by atoms with van der Waals surface area (Å²) in [6.07, 6.45) is 0. The molecule has 2 aliphatic heterocycles. The van der Waals surface area contributed by atoms with E-state index in [1.165, 1.54) is 10.5 Å². The van der Waals surface area contributed by atoms with E-state index in [1.54, 1.807) is 0 Å². The van der Waals surface area contributed by atoms with Crippen molar-refractivity contribution in [3.63, 3.8) is 0 Å². The summed E-state index contributed by atoms with van der Waals surface area (Å²) < 4.78 is 16.7. The molecule has 0 amide bonds. The maximum Gasteiger partial charge on any atom is 0.231 e. The Hall–Kier alpha value is -1.91. The van der Waals surface area contributed by atoms with Crippen LogP contribution in [0, 0.1) is 0 Å². The molecule has 1 unspecified atom stereocenters. The van der Waals surface area contributed by atoms with Gasteiger partial charge in [-0.3, -0.25) is 4.90 Å². The fourth-order valence-electron chi connectivity index (χ4n) is 2.74. The third kappa shape index (κ3) is 2.52. The van der Waals surface area contributed by atoms with E-state index in [-0.39, 0.29) is 0 Å². The Kier molecular flexibility index (Phi) is 3.13. The van der Waals surface area contributed by atoms with E-state index < -0.39 is 0 Å². The van der Waals surface area contributed by atoms with Crippen LogP contribution in [-0.2, 0) is 13.1 Å². The van der Waals surface area contributed by atoms with Gasteiger partial charge in [-0.1, -0.05) is 23.7 Å². The molecule has 5 heteroatoms. The third-order valence-corrected chi connectivity index (χ3v) is 4.05. The second-order valence-electron chi connectivity index (χ2n) is 5.33. The molecule has 0 aliphatic carbocycles. The number of ether oxygens (including phenoxy) is 3. The molecule has 0 spiro atoms. The summed E-state index contributed by atoms with van der Waals surface area (Å²) >= 11 is 5.92. The summed E-state index contributed by atoms with van der Waals surface area (Å²) in [7, 11) is 0. The van der Waals surface area contributed by atoms with Crippen LogP contribution in [-0.4, -0.2) is 13.5 Å². The molecule has 2 aliphatic rings. The molecule has 4 rings (SSSR count). The minimum atomic E-state index is 0.291. The predicted molar refractivity (Wildman–Crippen MR) is 77.9 cm³/mol. The van der Waals surface area contributed by atoms with Crippen molar-refractivity contribution in [3.8, 4) is 17.2 Å². The molecule has 0 saturated heterocycles. The van der Waals surface area contributed by atoms with Gasteiger partial charge in [-0.2, -0.15) is 0 Å². The summed E-state index contributed by atoms with van der Waals surface area (Å²) in [6.45, 7) is 2.76. The van der Waals surface area contributed by atoms with Crippen molar-refractivity contribution in [1.29, 1.82) is 0 Å². The predicted octanol–water partition coefficient (Wildman–Crippen LogP) is 2.00. The standard InChI is InChI=1S/C16H14ClNO3/c17-13-3-1-11(2-4-13)7-18-8-12-5-15-16(21-10-20-15)6-14(12)19-9-18/h1-6H,7-10H2/p+1. The largest absolute Gasteiger partial charge is 0.454 e. The van der Waals surface area contributed by atoms with Crippen molar-refractivity contribution in [3.05, 3.63) is 52.5 Å². The molecule has 4 nitrogen and oxygen atoms in total. The molecule has 0 radical (unpaired) electrons. The minimum Gasteiger partial charge on any atom is -0.454 e. The highest BCUT2D eigenvalue weighted by Gasteiger charge is 2.25. The number of rotatable bonds is 2. The van der Waals surface area contributed by atoms with Gasteiger partial charge >= 0.3 is 0 Å². The minimum absolute atomic E-state index is 0.291. The molecule has 0 saturated carbocycles. The quantitative estimate of drug-likeness (QED) is 0.921. The molecule has 108 valence electrons. The fraction of sp³-hybridized carbons (Fsp3) is 0.250. The van der Waals surface area contributed by atoms with Crippen molar-refractivity contribution in [1.82, 2.24) is 0 Å². The first-order valence-corrected chi connectivity index (χ1v) is 7.29. The number of benzene rings is 2. The van der Waals surface area contributed by atoms with Gasteiger partial charge in [-0.05, 0) is 18.2 Å². The van der Waals surface area contributed by atoms with Crippen LogP contribution in [0.25, 0.3) is 0 Å². The van der Waals surface area contributed by atoms with E-state index in [4.69, 9.17) is 25.8 Å². The lowest BCUT2D eigenvalue weighted by Crippen LogP contribution is -3.10. The fourth-order valence-corrected chi connectivity index (χ4v) is 2.87. The molecular formula is C16H15ClNO3+. The SMILES string of the molecule is Clc1ccc(C[NH+]2COc3cc4c(cc3C2)OCO4)cc1. The zero-order chi connectivity index (χ0) is 14.2. The van der Waals surface area contributed by atoms with E-state index in [9.17, 15) is 0 Å². The van der Waals surface area contributed by atoms with Crippen LogP contribution in [0.1, 0.15) is 11.1 Å². The lowest BCUT2D eigenvalue weighted by atomic mass is 10.1. The smallest absolute Gasteiger partial charge is 0.231 e. The maximum atomic E-state index is 5.92. The summed E-state index contributed by atoms with van der Waals surface area (Å²) in [6, 6.07) is 11.9. The van der Waals surface area contributed by atoms with E-state index in [0.29, 0.717) is 13.5 Å². The Bertz CT molecular complexity index is 672. The van der Waals surface area contributed by atoms with E-state index in [1.807, 2.05) is 24.3 Å². The molecule has 0 bridgehead atoms. The number of fused-ring (bicyclic) bond motifs is 2. The normalized spacial score (nSPS) is 19.0. The van der Waals surface area contributed by atoms with Crippen LogP contribution >= 0.6 is 11.6 Å². The molecule has 0 aromatic heterocycles. The summed E-state index contributed by atoms with van der Waals surface area (Å²) in [5, 5.41) is 0.765. The van der Waals surface area contributed by atoms with E-state index in [0.717, 1.165) is 40.9 Å². The van der Waals surface area contributed by atoms with Gasteiger partial charge in [0.2, 0.25) is 13.5 Å². The van der Waals surface area contributed by atoms with Crippen molar-refractivity contribution in [2.45, 2.75) is 13.1 Å². The molecule has 21 heavy (non-hydrogen) atoms. The monoisotopic (exact) mass is 304 g/mol. The second kappa shape index (κ2) is 5.13. The van der Waals surface area contributed by atoms with Crippen molar-refractivity contribution in [2.24, 2.45) is 0 Å². The lowest BCUT2D eigenvalue weighted by Gasteiger charge is -2.26. The van der Waals surface area contributed by atoms with Crippen LogP contribution in [0.2, 0.25) is 5.02 Å². The highest BCUT2D eigenvalue weighted by molar-refractivity contribution is 6.30. The summed E-state index contributed by atoms with van der Waals surface area (Å²) in [4.78, 5) is 1.35. The topological polar surface area (TPSA) is 32.1 Å². The van der Waals surface area contributed by atoms with E-state index in [2.05, 4.69) is 12.1 Å². The summed E-state index contributed by atoms with van der Waals surface area (Å²) in [5.41, 5.74) is 2.41. The second-order valence-corrected chi connectivity index (χ2v) is 5.77. The molecule has 2 aromatic rings. The zero-order valence-electron chi connectivity index (χ0n) is 11.4. The number of halogens is 1. The van der Waals surface area contributed by atoms with Gasteiger partial charge in [-0.15, -0.1) is 0 Å². The lowest BCUT2D eigenvalue weighted by molar-refractivity contribution is -0.945. The van der Waals surface area contributed by atoms with Crippen LogP contribution in [0.5, 0.6) is 17.2 Å². The molecule has 2 heterocycles. The highest BCUT2D eigenvalue weighted by Crippen LogP contribution is 2.38. The first kappa shape index (κ1) is 12.8. The maximum absolute atomic E-state index is 5.92. The van der Waals surface area contributed by atoms with Gasteiger partial charge in [-0.25, -0.2) is 0 Å². The molecule has 1 atom stereocenters. The zero-order valence-corrected chi connectivity index (χ0v) is 12.2. The Morgan fingerprint density at radius 3 is 2.52 bits per heavy atom. The van der Waals surface area contributed by atoms with Gasteiger partial charge < -0.3 is 14.2 Å². The highest BCUT2D eigenvalue weighted by atomic mass is 35.5. The van der Waals surface area contributed by atoms with Gasteiger partial charge in [0.15, 0.2) is 11.5 Å². The van der Waals surface area contributed by atoms with Gasteiger partial charge in [0, 0.05) is 16.7 Å². The van der Waals surface area contributed by atoms with Crippen molar-refractivity contribution in [2.75, 3.05) is 13.5 Å². The van der Waals surface area contributed by atoms with Gasteiger partial charge in [0.25, 0.3) is 0 Å². The molecule has 2 aromatic carbocycles. The summed E-state index contributed by atoms with van der Waals surface area (Å²) in [5.74, 6) is 2.49. The Balaban J connectivity index is 1.52. The average molecular weight is 305 g/mol. The van der Waals surface area contributed by atoms with Crippen molar-refractivity contribution < 1.29 is 19.1 Å². The van der Waals surface area contributed by atoms with Crippen LogP contribution in [0.3, 0.4) is 0 Å². The number of nitrogens with one attached hydrogen (secondary N) is 1. The van der Waals surface area contributed by atoms with Crippen molar-refractivity contribution >= 4 is 11.6 Å². The first-order valence-electron chi connectivity index (χ1n) is 6.91. The van der Waals surface area contributed by atoms with E-state index >= 15 is 0 Å². The number of quaternary nitrogens is 1. The number of hydrogen-bond donors (Lipinski definition) is 1. The van der Waals surface area contributed by atoms with Crippen LogP contribution in [0.15, 0.2) is 36.4 Å². The van der Waals surface area contributed by atoms with Gasteiger partial charge in [0.05, 0.1) is 5.56 Å². The van der Waals surface area contributed by atoms with Crippen LogP contribution in [0.4, 0.5) is 0 Å². The molecule has 1 N–H and O–H groups in total. The van der Waals surface area contributed by atoms with Gasteiger partial charge in [0.1, 0.15) is 18.8 Å². The Morgan fingerprint density at radius 1 is 0.952 bits per heavy atom. The average Bonchev–Trinajstić information content (AvgIpc) is 2.94. The van der Waals surface area contributed by atoms with Crippen LogP contribution < -0.4 is 19.1 Å².